The van der Waals surface area contributed by atoms with E-state index in [0.29, 0.717) is 6.54 Å². The van der Waals surface area contributed by atoms with Crippen LogP contribution < -0.4 is 5.32 Å². The third kappa shape index (κ3) is 3.28. The predicted molar refractivity (Wildman–Crippen MR) is 71.6 cm³/mol. The van der Waals surface area contributed by atoms with Gasteiger partial charge in [-0.25, -0.2) is 8.78 Å². The SMILES string of the molecule is CCCC1NC2(CCCC2)C(=O)N1CCOCC(F)F. The summed E-state index contributed by atoms with van der Waals surface area (Å²) in [5.74, 6) is 0.133. The molecule has 4 nitrogen and oxygen atoms in total. The van der Waals surface area contributed by atoms with Crippen molar-refractivity contribution in [2.24, 2.45) is 0 Å². The van der Waals surface area contributed by atoms with Crippen molar-refractivity contribution < 1.29 is 18.3 Å². The number of ether oxygens (including phenoxy) is 1. The number of halogens is 2. The molecular formula is C14H24F2N2O2. The number of carbonyl (C=O) groups excluding carboxylic acids is 1. The molecule has 0 radical (unpaired) electrons. The van der Waals surface area contributed by atoms with Gasteiger partial charge in [0.1, 0.15) is 6.61 Å². The maximum absolute atomic E-state index is 12.6. The fraction of sp³-hybridized carbons (Fsp3) is 0.929. The molecule has 20 heavy (non-hydrogen) atoms. The van der Waals surface area contributed by atoms with Gasteiger partial charge in [0.25, 0.3) is 6.43 Å². The molecule has 1 saturated carbocycles. The molecule has 1 saturated heterocycles. The quantitative estimate of drug-likeness (QED) is 0.730. The Balaban J connectivity index is 1.91. The van der Waals surface area contributed by atoms with Crippen molar-refractivity contribution in [2.75, 3.05) is 19.8 Å². The summed E-state index contributed by atoms with van der Waals surface area (Å²) in [5, 5.41) is 3.49. The number of nitrogens with zero attached hydrogens (tertiary/aromatic N) is 1. The van der Waals surface area contributed by atoms with E-state index in [0.717, 1.165) is 38.5 Å². The van der Waals surface area contributed by atoms with E-state index < -0.39 is 13.0 Å². The van der Waals surface area contributed by atoms with Crippen LogP contribution in [0.3, 0.4) is 0 Å². The maximum atomic E-state index is 12.6. The third-order valence-corrected chi connectivity index (χ3v) is 4.23. The lowest BCUT2D eigenvalue weighted by molar-refractivity contribution is -0.134. The van der Waals surface area contributed by atoms with Crippen LogP contribution in [0.1, 0.15) is 45.4 Å². The highest BCUT2D eigenvalue weighted by atomic mass is 19.3. The standard InChI is InChI=1S/C14H24F2N2O2/c1-2-5-12-17-14(6-3-4-7-14)13(19)18(12)8-9-20-10-11(15)16/h11-12,17H,2-10H2,1H3. The first-order valence-corrected chi connectivity index (χ1v) is 7.54. The van der Waals surface area contributed by atoms with Crippen molar-refractivity contribution >= 4 is 5.91 Å². The maximum Gasteiger partial charge on any atom is 0.261 e. The zero-order valence-electron chi connectivity index (χ0n) is 12.0. The second kappa shape index (κ2) is 6.80. The fourth-order valence-electron chi connectivity index (χ4n) is 3.31. The highest BCUT2D eigenvalue weighted by Gasteiger charge is 2.51. The average Bonchev–Trinajstić information content (AvgIpc) is 2.96. The Morgan fingerprint density at radius 2 is 2.15 bits per heavy atom. The van der Waals surface area contributed by atoms with E-state index >= 15 is 0 Å². The fourth-order valence-corrected chi connectivity index (χ4v) is 3.31. The molecule has 1 spiro atoms. The van der Waals surface area contributed by atoms with Gasteiger partial charge in [-0.15, -0.1) is 0 Å². The predicted octanol–water partition coefficient (Wildman–Crippen LogP) is 2.14. The van der Waals surface area contributed by atoms with Gasteiger partial charge in [-0.3, -0.25) is 10.1 Å². The molecule has 1 aliphatic carbocycles. The van der Waals surface area contributed by atoms with E-state index in [-0.39, 0.29) is 24.2 Å². The Bertz CT molecular complexity index is 333. The van der Waals surface area contributed by atoms with Crippen molar-refractivity contribution in [2.45, 2.75) is 63.6 Å². The van der Waals surface area contributed by atoms with Crippen LogP contribution in [-0.2, 0) is 9.53 Å². The first kappa shape index (κ1) is 15.6. The minimum atomic E-state index is -2.45. The lowest BCUT2D eigenvalue weighted by Gasteiger charge is -2.23. The van der Waals surface area contributed by atoms with Gasteiger partial charge in [0, 0.05) is 6.54 Å². The lowest BCUT2D eigenvalue weighted by atomic mass is 9.98. The van der Waals surface area contributed by atoms with Crippen LogP contribution in [0.5, 0.6) is 0 Å². The van der Waals surface area contributed by atoms with Crippen molar-refractivity contribution in [1.82, 2.24) is 10.2 Å². The van der Waals surface area contributed by atoms with Crippen LogP contribution >= 0.6 is 0 Å². The van der Waals surface area contributed by atoms with Gasteiger partial charge in [-0.2, -0.15) is 0 Å². The van der Waals surface area contributed by atoms with E-state index in [1.54, 1.807) is 4.90 Å². The molecule has 1 heterocycles. The summed E-state index contributed by atoms with van der Waals surface area (Å²) in [5.41, 5.74) is -0.386. The van der Waals surface area contributed by atoms with E-state index in [9.17, 15) is 13.6 Å². The molecule has 0 aromatic rings. The van der Waals surface area contributed by atoms with Gasteiger partial charge in [0.2, 0.25) is 5.91 Å². The molecule has 2 fully saturated rings. The van der Waals surface area contributed by atoms with Crippen LogP contribution in [0, 0.1) is 0 Å². The van der Waals surface area contributed by atoms with E-state index in [2.05, 4.69) is 12.2 Å². The minimum Gasteiger partial charge on any atom is -0.374 e. The highest BCUT2D eigenvalue weighted by Crippen LogP contribution is 2.37. The minimum absolute atomic E-state index is 0.0285. The summed E-state index contributed by atoms with van der Waals surface area (Å²) >= 11 is 0. The molecule has 0 bridgehead atoms. The van der Waals surface area contributed by atoms with Gasteiger partial charge in [0.05, 0.1) is 18.3 Å². The number of nitrogens with one attached hydrogen (secondary N) is 1. The first-order valence-electron chi connectivity index (χ1n) is 7.54. The molecule has 6 heteroatoms. The molecule has 1 amide bonds. The Labute approximate surface area is 118 Å². The summed E-state index contributed by atoms with van der Waals surface area (Å²) < 4.78 is 29.0. The molecule has 2 aliphatic rings. The number of alkyl halides is 2. The van der Waals surface area contributed by atoms with E-state index in [1.807, 2.05) is 0 Å². The van der Waals surface area contributed by atoms with Gasteiger partial charge < -0.3 is 9.64 Å². The Hall–Kier alpha value is -0.750. The van der Waals surface area contributed by atoms with Gasteiger partial charge in [-0.05, 0) is 19.3 Å². The molecular weight excluding hydrogens is 266 g/mol. The molecule has 1 atom stereocenters. The lowest BCUT2D eigenvalue weighted by Crippen LogP contribution is -2.44. The average molecular weight is 290 g/mol. The van der Waals surface area contributed by atoms with Crippen molar-refractivity contribution in [3.63, 3.8) is 0 Å². The van der Waals surface area contributed by atoms with Crippen molar-refractivity contribution in [3.05, 3.63) is 0 Å². The summed E-state index contributed by atoms with van der Waals surface area (Å²) in [4.78, 5) is 14.4. The summed E-state index contributed by atoms with van der Waals surface area (Å²) in [6, 6.07) is 0. The second-order valence-electron chi connectivity index (χ2n) is 5.70. The molecule has 0 aromatic carbocycles. The van der Waals surface area contributed by atoms with Crippen LogP contribution in [0.25, 0.3) is 0 Å². The van der Waals surface area contributed by atoms with E-state index in [1.165, 1.54) is 0 Å². The third-order valence-electron chi connectivity index (χ3n) is 4.23. The number of hydrogen-bond acceptors (Lipinski definition) is 3. The van der Waals surface area contributed by atoms with Crippen LogP contribution in [-0.4, -0.2) is 48.7 Å². The Morgan fingerprint density at radius 1 is 1.45 bits per heavy atom. The number of amides is 1. The summed E-state index contributed by atoms with van der Waals surface area (Å²) in [6.45, 7) is 2.09. The second-order valence-corrected chi connectivity index (χ2v) is 5.70. The van der Waals surface area contributed by atoms with Crippen LogP contribution in [0.2, 0.25) is 0 Å². The van der Waals surface area contributed by atoms with Crippen LogP contribution in [0.15, 0.2) is 0 Å². The topological polar surface area (TPSA) is 41.6 Å². The molecule has 1 N–H and O–H groups in total. The molecule has 116 valence electrons. The Kier molecular flexibility index (Phi) is 5.32. The normalized spacial score (nSPS) is 25.3. The zero-order chi connectivity index (χ0) is 14.6. The van der Waals surface area contributed by atoms with Gasteiger partial charge in [0.15, 0.2) is 0 Å². The Morgan fingerprint density at radius 3 is 2.75 bits per heavy atom. The molecule has 1 unspecified atom stereocenters. The van der Waals surface area contributed by atoms with Gasteiger partial charge >= 0.3 is 0 Å². The highest BCUT2D eigenvalue weighted by molar-refractivity contribution is 5.89. The van der Waals surface area contributed by atoms with Crippen molar-refractivity contribution in [3.8, 4) is 0 Å². The van der Waals surface area contributed by atoms with E-state index in [4.69, 9.17) is 4.74 Å². The summed E-state index contributed by atoms with van der Waals surface area (Å²) in [6.07, 6.45) is 3.38. The molecule has 1 aliphatic heterocycles. The summed E-state index contributed by atoms with van der Waals surface area (Å²) in [7, 11) is 0. The molecule has 0 aromatic heterocycles. The van der Waals surface area contributed by atoms with Crippen LogP contribution in [0.4, 0.5) is 8.78 Å². The monoisotopic (exact) mass is 290 g/mol. The zero-order valence-corrected chi connectivity index (χ0v) is 12.0. The first-order chi connectivity index (χ1) is 9.59. The smallest absolute Gasteiger partial charge is 0.261 e. The molecule has 2 rings (SSSR count). The van der Waals surface area contributed by atoms with Crippen molar-refractivity contribution in [1.29, 1.82) is 0 Å². The number of carbonyl (C=O) groups is 1. The number of rotatable bonds is 7. The number of hydrogen-bond donors (Lipinski definition) is 1. The van der Waals surface area contributed by atoms with Gasteiger partial charge in [-0.1, -0.05) is 26.2 Å². The largest absolute Gasteiger partial charge is 0.374 e.